The lowest BCUT2D eigenvalue weighted by atomic mass is 10.2. The second-order valence-corrected chi connectivity index (χ2v) is 3.34. The third kappa shape index (κ3) is 4.52. The molecule has 0 aliphatic carbocycles. The number of carboxylic acids is 1. The first kappa shape index (κ1) is 13.5. The average Bonchev–Trinajstić information content (AvgIpc) is 2.29. The highest BCUT2D eigenvalue weighted by Crippen LogP contribution is 2.06. The van der Waals surface area contributed by atoms with E-state index in [0.29, 0.717) is 17.5 Å². The van der Waals surface area contributed by atoms with Gasteiger partial charge in [0.05, 0.1) is 6.61 Å². The summed E-state index contributed by atoms with van der Waals surface area (Å²) < 4.78 is 4.71. The van der Waals surface area contributed by atoms with Gasteiger partial charge in [-0.15, -0.1) is 0 Å². The summed E-state index contributed by atoms with van der Waals surface area (Å²) in [4.78, 5) is 32.5. The van der Waals surface area contributed by atoms with Gasteiger partial charge in [0.15, 0.2) is 0 Å². The molecule has 3 N–H and O–H groups in total. The SMILES string of the molecule is C=C1NC=C(CCOC(=O)/C=C/C(=O)O)C(=O)N1. The van der Waals surface area contributed by atoms with Crippen LogP contribution in [-0.2, 0) is 19.1 Å². The summed E-state index contributed by atoms with van der Waals surface area (Å²) in [5, 5.41) is 13.5. The van der Waals surface area contributed by atoms with Crippen molar-refractivity contribution in [3.63, 3.8) is 0 Å². The van der Waals surface area contributed by atoms with Crippen LogP contribution in [0.25, 0.3) is 0 Å². The van der Waals surface area contributed by atoms with Crippen LogP contribution >= 0.6 is 0 Å². The molecule has 0 fully saturated rings. The van der Waals surface area contributed by atoms with E-state index in [1.54, 1.807) is 0 Å². The maximum Gasteiger partial charge on any atom is 0.331 e. The fourth-order valence-electron chi connectivity index (χ4n) is 1.13. The molecule has 0 aromatic heterocycles. The number of ether oxygens (including phenoxy) is 1. The Labute approximate surface area is 103 Å². The number of carboxylic acid groups (broad SMARTS) is 1. The predicted molar refractivity (Wildman–Crippen MR) is 60.9 cm³/mol. The monoisotopic (exact) mass is 252 g/mol. The third-order valence-electron chi connectivity index (χ3n) is 1.95. The Kier molecular flexibility index (Phi) is 4.67. The van der Waals surface area contributed by atoms with Crippen molar-refractivity contribution < 1.29 is 24.2 Å². The Morgan fingerprint density at radius 3 is 2.78 bits per heavy atom. The van der Waals surface area contributed by atoms with E-state index in [1.165, 1.54) is 6.20 Å². The van der Waals surface area contributed by atoms with E-state index in [1.807, 2.05) is 0 Å². The quantitative estimate of drug-likeness (QED) is 0.455. The van der Waals surface area contributed by atoms with Gasteiger partial charge in [-0.3, -0.25) is 4.79 Å². The van der Waals surface area contributed by atoms with Crippen molar-refractivity contribution in [3.05, 3.63) is 36.3 Å². The Bertz CT molecular complexity index is 450. The van der Waals surface area contributed by atoms with Crippen LogP contribution in [0, 0.1) is 0 Å². The molecule has 96 valence electrons. The molecule has 18 heavy (non-hydrogen) atoms. The number of rotatable bonds is 5. The largest absolute Gasteiger partial charge is 0.478 e. The summed E-state index contributed by atoms with van der Waals surface area (Å²) >= 11 is 0. The van der Waals surface area contributed by atoms with Crippen LogP contribution in [0.1, 0.15) is 6.42 Å². The van der Waals surface area contributed by atoms with Gasteiger partial charge < -0.3 is 20.5 Å². The smallest absolute Gasteiger partial charge is 0.331 e. The van der Waals surface area contributed by atoms with E-state index in [2.05, 4.69) is 17.2 Å². The Hall–Kier alpha value is -2.57. The van der Waals surface area contributed by atoms with Crippen molar-refractivity contribution in [2.45, 2.75) is 6.42 Å². The average molecular weight is 252 g/mol. The Morgan fingerprint density at radius 2 is 2.17 bits per heavy atom. The van der Waals surface area contributed by atoms with Crippen molar-refractivity contribution in [1.82, 2.24) is 10.6 Å². The maximum atomic E-state index is 11.4. The van der Waals surface area contributed by atoms with E-state index in [4.69, 9.17) is 9.84 Å². The minimum atomic E-state index is -1.23. The molecule has 1 amide bonds. The lowest BCUT2D eigenvalue weighted by Crippen LogP contribution is -2.35. The van der Waals surface area contributed by atoms with E-state index >= 15 is 0 Å². The zero-order chi connectivity index (χ0) is 13.5. The van der Waals surface area contributed by atoms with Gasteiger partial charge in [0.2, 0.25) is 0 Å². The number of carbonyl (C=O) groups excluding carboxylic acids is 2. The normalized spacial score (nSPS) is 14.8. The van der Waals surface area contributed by atoms with Gasteiger partial charge in [0.1, 0.15) is 5.82 Å². The van der Waals surface area contributed by atoms with Gasteiger partial charge in [0.25, 0.3) is 5.91 Å². The van der Waals surface area contributed by atoms with E-state index < -0.39 is 11.9 Å². The zero-order valence-corrected chi connectivity index (χ0v) is 9.43. The molecule has 0 aromatic carbocycles. The number of amides is 1. The van der Waals surface area contributed by atoms with Gasteiger partial charge >= 0.3 is 11.9 Å². The van der Waals surface area contributed by atoms with E-state index in [0.717, 1.165) is 6.08 Å². The molecule has 0 atom stereocenters. The van der Waals surface area contributed by atoms with Crippen LogP contribution in [0.2, 0.25) is 0 Å². The zero-order valence-electron chi connectivity index (χ0n) is 9.43. The summed E-state index contributed by atoms with van der Waals surface area (Å²) in [6, 6.07) is 0. The number of nitrogens with one attached hydrogen (secondary N) is 2. The van der Waals surface area contributed by atoms with E-state index in [9.17, 15) is 14.4 Å². The van der Waals surface area contributed by atoms with E-state index in [-0.39, 0.29) is 18.9 Å². The third-order valence-corrected chi connectivity index (χ3v) is 1.95. The molecule has 1 aliphatic heterocycles. The molecule has 0 saturated carbocycles. The standard InChI is InChI=1S/C11H12N2O5/c1-7-12-6-8(11(17)13-7)4-5-18-10(16)3-2-9(14)15/h2-3,6,12H,1,4-5H2,(H,13,17)(H,14,15)/b3-2+. The second-order valence-electron chi connectivity index (χ2n) is 3.34. The molecule has 1 heterocycles. The minimum absolute atomic E-state index is 0.0177. The molecule has 0 aromatic rings. The van der Waals surface area contributed by atoms with Crippen LogP contribution in [0.3, 0.4) is 0 Å². The molecule has 7 heteroatoms. The summed E-state index contributed by atoms with van der Waals surface area (Å²) in [6.45, 7) is 3.49. The van der Waals surface area contributed by atoms with Crippen molar-refractivity contribution in [2.24, 2.45) is 0 Å². The highest BCUT2D eigenvalue weighted by Gasteiger charge is 2.14. The fraction of sp³-hybridized carbons (Fsp3) is 0.182. The van der Waals surface area contributed by atoms with Gasteiger partial charge in [-0.05, 0) is 0 Å². The summed E-state index contributed by atoms with van der Waals surface area (Å²) in [5.41, 5.74) is 0.414. The first-order valence-corrected chi connectivity index (χ1v) is 5.02. The second kappa shape index (κ2) is 6.24. The topological polar surface area (TPSA) is 105 Å². The number of hydrogen-bond acceptors (Lipinski definition) is 5. The highest BCUT2D eigenvalue weighted by atomic mass is 16.5. The summed E-state index contributed by atoms with van der Waals surface area (Å²) in [5.74, 6) is -1.93. The first-order valence-electron chi connectivity index (χ1n) is 5.02. The molecule has 0 bridgehead atoms. The fourth-order valence-corrected chi connectivity index (χ4v) is 1.13. The molecule has 0 spiro atoms. The van der Waals surface area contributed by atoms with Gasteiger partial charge in [0, 0.05) is 30.3 Å². The predicted octanol–water partition coefficient (Wildman–Crippen LogP) is -0.365. The van der Waals surface area contributed by atoms with Crippen molar-refractivity contribution >= 4 is 17.8 Å². The molecule has 0 radical (unpaired) electrons. The molecule has 0 unspecified atom stereocenters. The van der Waals surface area contributed by atoms with Crippen molar-refractivity contribution in [1.29, 1.82) is 0 Å². The van der Waals surface area contributed by atoms with Crippen LogP contribution in [0.4, 0.5) is 0 Å². The number of hydrogen-bond donors (Lipinski definition) is 3. The lowest BCUT2D eigenvalue weighted by molar-refractivity contribution is -0.138. The van der Waals surface area contributed by atoms with Crippen LogP contribution in [0.5, 0.6) is 0 Å². The minimum Gasteiger partial charge on any atom is -0.478 e. The van der Waals surface area contributed by atoms with Crippen LogP contribution in [-0.4, -0.2) is 29.6 Å². The first-order chi connectivity index (χ1) is 8.49. The molecule has 1 rings (SSSR count). The maximum absolute atomic E-state index is 11.4. The summed E-state index contributed by atoms with van der Waals surface area (Å²) in [6.07, 6.45) is 3.18. The van der Waals surface area contributed by atoms with Crippen LogP contribution in [0.15, 0.2) is 36.3 Å². The Morgan fingerprint density at radius 1 is 1.44 bits per heavy atom. The molecular weight excluding hydrogens is 240 g/mol. The number of carbonyl (C=O) groups is 3. The summed E-state index contributed by atoms with van der Waals surface area (Å²) in [7, 11) is 0. The van der Waals surface area contributed by atoms with Crippen molar-refractivity contribution in [3.8, 4) is 0 Å². The molecular formula is C11H12N2O5. The lowest BCUT2D eigenvalue weighted by Gasteiger charge is -2.16. The highest BCUT2D eigenvalue weighted by molar-refractivity contribution is 5.95. The van der Waals surface area contributed by atoms with Crippen molar-refractivity contribution in [2.75, 3.05) is 6.61 Å². The Balaban J connectivity index is 2.34. The number of esters is 1. The molecule has 7 nitrogen and oxygen atoms in total. The van der Waals surface area contributed by atoms with Gasteiger partial charge in [-0.2, -0.15) is 0 Å². The van der Waals surface area contributed by atoms with Gasteiger partial charge in [-0.1, -0.05) is 6.58 Å². The van der Waals surface area contributed by atoms with Gasteiger partial charge in [-0.25, -0.2) is 9.59 Å². The number of aliphatic carboxylic acids is 1. The molecule has 0 saturated heterocycles. The van der Waals surface area contributed by atoms with Crippen LogP contribution < -0.4 is 10.6 Å². The molecule has 1 aliphatic rings.